The van der Waals surface area contributed by atoms with Gasteiger partial charge in [-0.25, -0.2) is 4.79 Å². The monoisotopic (exact) mass is 136 g/mol. The van der Waals surface area contributed by atoms with E-state index in [-0.39, 0.29) is 6.47 Å². The van der Waals surface area contributed by atoms with Gasteiger partial charge in [-0.05, 0) is 6.92 Å². The van der Waals surface area contributed by atoms with Gasteiger partial charge in [0, 0.05) is 0 Å². The predicted molar refractivity (Wildman–Crippen MR) is 28.0 cm³/mol. The summed E-state index contributed by atoms with van der Waals surface area (Å²) in [7, 11) is 0. The third-order valence-corrected chi connectivity index (χ3v) is 0.357. The third-order valence-electron chi connectivity index (χ3n) is 0.357. The van der Waals surface area contributed by atoms with Gasteiger partial charge in [0.25, 0.3) is 6.47 Å². The highest BCUT2D eigenvalue weighted by molar-refractivity contribution is 5.71. The van der Waals surface area contributed by atoms with E-state index in [1.807, 2.05) is 0 Å². The topological polar surface area (TPSA) is 94.8 Å². The molecule has 0 aliphatic rings. The predicted octanol–water partition coefficient (Wildman–Crippen LogP) is -0.847. The van der Waals surface area contributed by atoms with Gasteiger partial charge in [-0.1, -0.05) is 0 Å². The Kier molecular flexibility index (Phi) is 8.28. The van der Waals surface area contributed by atoms with E-state index in [1.54, 1.807) is 0 Å². The van der Waals surface area contributed by atoms with Crippen molar-refractivity contribution in [1.82, 2.24) is 0 Å². The number of rotatable bonds is 1. The van der Waals surface area contributed by atoms with Crippen LogP contribution in [-0.2, 0) is 9.59 Å². The van der Waals surface area contributed by atoms with Crippen molar-refractivity contribution >= 4 is 12.4 Å². The lowest BCUT2D eigenvalue weighted by Gasteiger charge is -1.89. The van der Waals surface area contributed by atoms with Gasteiger partial charge in [0.2, 0.25) is 0 Å². The van der Waals surface area contributed by atoms with Crippen molar-refractivity contribution < 1.29 is 24.9 Å². The largest absolute Gasteiger partial charge is 0.483 e. The van der Waals surface area contributed by atoms with Crippen LogP contribution in [0.5, 0.6) is 0 Å². The van der Waals surface area contributed by atoms with Crippen LogP contribution in [0.4, 0.5) is 0 Å². The Hall–Kier alpha value is -1.10. The molecule has 0 aromatic rings. The van der Waals surface area contributed by atoms with Crippen molar-refractivity contribution in [3.05, 3.63) is 0 Å². The highest BCUT2D eigenvalue weighted by atomic mass is 16.4. The summed E-state index contributed by atoms with van der Waals surface area (Å²) < 4.78 is 0. The molecule has 5 nitrogen and oxygen atoms in total. The number of hydrogen-bond donors (Lipinski definition) is 3. The van der Waals surface area contributed by atoms with Gasteiger partial charge in [0.15, 0.2) is 0 Å². The van der Waals surface area contributed by atoms with Crippen LogP contribution in [0.1, 0.15) is 6.92 Å². The lowest BCUT2D eigenvalue weighted by Crippen LogP contribution is -2.13. The smallest absolute Gasteiger partial charge is 0.332 e. The van der Waals surface area contributed by atoms with Crippen molar-refractivity contribution in [2.24, 2.45) is 0 Å². The van der Waals surface area contributed by atoms with Crippen molar-refractivity contribution in [2.75, 3.05) is 0 Å². The molecule has 9 heavy (non-hydrogen) atoms. The second-order valence-electron chi connectivity index (χ2n) is 1.12. The Labute approximate surface area is 51.5 Å². The molecule has 0 spiro atoms. The van der Waals surface area contributed by atoms with E-state index >= 15 is 0 Å². The minimum absolute atomic E-state index is 0.250. The molecule has 54 valence electrons. The molecule has 1 atom stereocenters. The number of carboxylic acid groups (broad SMARTS) is 2. The maximum Gasteiger partial charge on any atom is 0.332 e. The molecule has 0 aromatic heterocycles. The van der Waals surface area contributed by atoms with Crippen LogP contribution < -0.4 is 0 Å². The molecule has 0 heterocycles. The normalized spacial score (nSPS) is 10.4. The van der Waals surface area contributed by atoms with Crippen LogP contribution in [0.15, 0.2) is 0 Å². The van der Waals surface area contributed by atoms with Crippen LogP contribution >= 0.6 is 0 Å². The Morgan fingerprint density at radius 1 is 1.67 bits per heavy atom. The zero-order valence-corrected chi connectivity index (χ0v) is 4.81. The SMILES string of the molecule is C[C@H](O)C(=O)O.O=CO. The second-order valence-corrected chi connectivity index (χ2v) is 1.12. The maximum absolute atomic E-state index is 9.45. The molecular weight excluding hydrogens is 128 g/mol. The first-order valence-electron chi connectivity index (χ1n) is 2.05. The molecule has 0 radical (unpaired) electrons. The van der Waals surface area contributed by atoms with Gasteiger partial charge in [0.05, 0.1) is 0 Å². The fourth-order valence-electron chi connectivity index (χ4n) is 0. The minimum atomic E-state index is -1.23. The lowest BCUT2D eigenvalue weighted by molar-refractivity contribution is -0.145. The van der Waals surface area contributed by atoms with E-state index in [2.05, 4.69) is 0 Å². The quantitative estimate of drug-likeness (QED) is 0.408. The van der Waals surface area contributed by atoms with Crippen molar-refractivity contribution in [2.45, 2.75) is 13.0 Å². The molecule has 3 N–H and O–H groups in total. The van der Waals surface area contributed by atoms with Gasteiger partial charge >= 0.3 is 5.97 Å². The summed E-state index contributed by atoms with van der Waals surface area (Å²) in [5.74, 6) is -1.19. The summed E-state index contributed by atoms with van der Waals surface area (Å²) in [5, 5.41) is 22.7. The molecule has 0 aromatic carbocycles. The highest BCUT2D eigenvalue weighted by Crippen LogP contribution is 1.73. The molecule has 0 fully saturated rings. The molecule has 0 unspecified atom stereocenters. The van der Waals surface area contributed by atoms with Crippen molar-refractivity contribution in [3.8, 4) is 0 Å². The molecule has 0 bridgehead atoms. The molecule has 0 aliphatic carbocycles. The van der Waals surface area contributed by atoms with E-state index in [9.17, 15) is 4.79 Å². The summed E-state index contributed by atoms with van der Waals surface area (Å²) in [4.78, 5) is 17.8. The summed E-state index contributed by atoms with van der Waals surface area (Å²) in [6, 6.07) is 0. The molecule has 0 aliphatic heterocycles. The van der Waals surface area contributed by atoms with Gasteiger partial charge in [-0.3, -0.25) is 4.79 Å². The van der Waals surface area contributed by atoms with E-state index in [0.717, 1.165) is 0 Å². The van der Waals surface area contributed by atoms with E-state index < -0.39 is 12.1 Å². The third kappa shape index (κ3) is 19.7. The summed E-state index contributed by atoms with van der Waals surface area (Å²) in [6.45, 7) is 0.947. The first-order valence-corrected chi connectivity index (χ1v) is 2.05. The Bertz CT molecular complexity index is 87.0. The Morgan fingerprint density at radius 2 is 1.78 bits per heavy atom. The number of carboxylic acids is 1. The van der Waals surface area contributed by atoms with E-state index in [1.165, 1.54) is 6.92 Å². The van der Waals surface area contributed by atoms with Gasteiger partial charge in [-0.15, -0.1) is 0 Å². The summed E-state index contributed by atoms with van der Waals surface area (Å²) in [6.07, 6.45) is -1.23. The molecular formula is C4H8O5. The molecule has 0 rings (SSSR count). The summed E-state index contributed by atoms with van der Waals surface area (Å²) in [5.41, 5.74) is 0. The van der Waals surface area contributed by atoms with Gasteiger partial charge in [0.1, 0.15) is 6.10 Å². The number of carbonyl (C=O) groups is 2. The molecule has 0 amide bonds. The Balaban J connectivity index is 0. The number of aliphatic carboxylic acids is 1. The first-order chi connectivity index (χ1) is 4.06. The zero-order chi connectivity index (χ0) is 7.86. The van der Waals surface area contributed by atoms with Crippen LogP contribution in [0.2, 0.25) is 0 Å². The Morgan fingerprint density at radius 3 is 1.78 bits per heavy atom. The average Bonchev–Trinajstić information content (AvgIpc) is 1.68. The zero-order valence-electron chi connectivity index (χ0n) is 4.81. The number of aliphatic hydroxyl groups is 1. The van der Waals surface area contributed by atoms with Gasteiger partial charge < -0.3 is 15.3 Å². The standard InChI is InChI=1S/C3H6O3.CH2O2/c1-2(4)3(5)6;2-1-3/h2,4H,1H3,(H,5,6);1H,(H,2,3)/t2-;/m0./s1. The van der Waals surface area contributed by atoms with E-state index in [4.69, 9.17) is 20.1 Å². The van der Waals surface area contributed by atoms with Crippen LogP contribution in [-0.4, -0.2) is 33.9 Å². The van der Waals surface area contributed by atoms with Crippen LogP contribution in [0, 0.1) is 0 Å². The fourth-order valence-corrected chi connectivity index (χ4v) is 0. The highest BCUT2D eigenvalue weighted by Gasteiger charge is 2.01. The maximum atomic E-state index is 9.45. The van der Waals surface area contributed by atoms with E-state index in [0.29, 0.717) is 0 Å². The van der Waals surface area contributed by atoms with Crippen LogP contribution in [0.25, 0.3) is 0 Å². The summed E-state index contributed by atoms with van der Waals surface area (Å²) >= 11 is 0. The van der Waals surface area contributed by atoms with Crippen molar-refractivity contribution in [1.29, 1.82) is 0 Å². The second kappa shape index (κ2) is 6.90. The number of hydrogen-bond acceptors (Lipinski definition) is 3. The molecule has 0 saturated heterocycles. The first kappa shape index (κ1) is 10.8. The average molecular weight is 136 g/mol. The minimum Gasteiger partial charge on any atom is -0.483 e. The van der Waals surface area contributed by atoms with Crippen molar-refractivity contribution in [3.63, 3.8) is 0 Å². The lowest BCUT2D eigenvalue weighted by atomic mass is 10.4. The number of aliphatic hydroxyl groups excluding tert-OH is 1. The van der Waals surface area contributed by atoms with Crippen LogP contribution in [0.3, 0.4) is 0 Å². The molecule has 0 saturated carbocycles. The fraction of sp³-hybridized carbons (Fsp3) is 0.500. The molecule has 5 heteroatoms. The van der Waals surface area contributed by atoms with Gasteiger partial charge in [-0.2, -0.15) is 0 Å².